The van der Waals surface area contributed by atoms with Crippen molar-refractivity contribution in [1.29, 1.82) is 0 Å². The number of benzene rings is 2. The second kappa shape index (κ2) is 11.7. The normalized spacial score (nSPS) is 14.2. The Morgan fingerprint density at radius 1 is 0.925 bits per heavy atom. The van der Waals surface area contributed by atoms with E-state index in [0.29, 0.717) is 33.5 Å². The van der Waals surface area contributed by atoms with Crippen molar-refractivity contribution in [3.63, 3.8) is 0 Å². The number of pyridine rings is 1. The first-order valence-corrected chi connectivity index (χ1v) is 13.1. The van der Waals surface area contributed by atoms with Gasteiger partial charge in [-0.1, -0.05) is 18.2 Å². The van der Waals surface area contributed by atoms with Crippen LogP contribution in [0.25, 0.3) is 11.0 Å². The molecule has 0 saturated carbocycles. The monoisotopic (exact) mass is 540 g/mol. The second-order valence-corrected chi connectivity index (χ2v) is 10.1. The van der Waals surface area contributed by atoms with Crippen molar-refractivity contribution in [2.45, 2.75) is 13.5 Å². The highest BCUT2D eigenvalue weighted by atomic mass is 16.5. The Morgan fingerprint density at radius 2 is 1.65 bits per heavy atom. The van der Waals surface area contributed by atoms with Crippen molar-refractivity contribution >= 4 is 40.2 Å². The van der Waals surface area contributed by atoms with Gasteiger partial charge in [0.2, 0.25) is 0 Å². The van der Waals surface area contributed by atoms with E-state index in [9.17, 15) is 14.4 Å². The number of likely N-dealkylation sites (N-methyl/N-ethyl adjacent to an activating group) is 1. The van der Waals surface area contributed by atoms with E-state index >= 15 is 0 Å². The molecule has 2 amide bonds. The molecule has 3 heterocycles. The summed E-state index contributed by atoms with van der Waals surface area (Å²) >= 11 is 0. The van der Waals surface area contributed by atoms with Gasteiger partial charge in [0, 0.05) is 54.9 Å². The Hall–Kier alpha value is -4.54. The summed E-state index contributed by atoms with van der Waals surface area (Å²) in [6.45, 7) is 6.90. The van der Waals surface area contributed by atoms with Crippen LogP contribution in [0.4, 0.5) is 11.4 Å². The van der Waals surface area contributed by atoms with Crippen LogP contribution >= 0.6 is 0 Å². The molecule has 206 valence electrons. The van der Waals surface area contributed by atoms with Gasteiger partial charge in [-0.05, 0) is 61.5 Å². The highest BCUT2D eigenvalue weighted by molar-refractivity contribution is 6.08. The molecule has 0 radical (unpaired) electrons. The zero-order valence-corrected chi connectivity index (χ0v) is 22.8. The van der Waals surface area contributed by atoms with Crippen LogP contribution in [0.5, 0.6) is 0 Å². The van der Waals surface area contributed by atoms with Crippen LogP contribution in [0, 0.1) is 6.92 Å². The number of aromatic amines is 1. The van der Waals surface area contributed by atoms with E-state index < -0.39 is 5.97 Å². The molecule has 2 aromatic heterocycles. The van der Waals surface area contributed by atoms with Crippen molar-refractivity contribution in [3.05, 3.63) is 88.7 Å². The zero-order valence-electron chi connectivity index (χ0n) is 22.8. The fourth-order valence-corrected chi connectivity index (χ4v) is 4.68. The summed E-state index contributed by atoms with van der Waals surface area (Å²) in [4.78, 5) is 49.7. The molecule has 5 rings (SSSR count). The number of nitrogens with one attached hydrogen (secondary N) is 3. The maximum Gasteiger partial charge on any atom is 0.354 e. The number of esters is 1. The Balaban J connectivity index is 1.23. The van der Waals surface area contributed by atoms with Crippen LogP contribution in [0.1, 0.15) is 42.3 Å². The smallest absolute Gasteiger partial charge is 0.354 e. The van der Waals surface area contributed by atoms with Crippen molar-refractivity contribution < 1.29 is 19.1 Å². The first kappa shape index (κ1) is 27.0. The first-order valence-electron chi connectivity index (χ1n) is 13.1. The average Bonchev–Trinajstić information content (AvgIpc) is 3.39. The third kappa shape index (κ3) is 6.19. The molecule has 40 heavy (non-hydrogen) atoms. The lowest BCUT2D eigenvalue weighted by molar-refractivity contribution is 0.0594. The lowest BCUT2D eigenvalue weighted by atomic mass is 10.1. The lowest BCUT2D eigenvalue weighted by Gasteiger charge is -2.32. The maximum absolute atomic E-state index is 13.1. The predicted molar refractivity (Wildman–Crippen MR) is 154 cm³/mol. The number of methoxy groups -OCH3 is 1. The minimum Gasteiger partial charge on any atom is -0.464 e. The molecule has 1 fully saturated rings. The van der Waals surface area contributed by atoms with Gasteiger partial charge in [0.15, 0.2) is 0 Å². The van der Waals surface area contributed by atoms with Gasteiger partial charge in [0.1, 0.15) is 11.3 Å². The number of piperazine rings is 1. The topological polar surface area (TPSA) is 120 Å². The summed E-state index contributed by atoms with van der Waals surface area (Å²) < 4.78 is 4.73. The fraction of sp³-hybridized carbons (Fsp3) is 0.267. The van der Waals surface area contributed by atoms with E-state index in [-0.39, 0.29) is 17.5 Å². The molecule has 1 aliphatic heterocycles. The minimum absolute atomic E-state index is 0.245. The number of carbonyl (C=O) groups is 3. The van der Waals surface area contributed by atoms with Gasteiger partial charge in [-0.15, -0.1) is 0 Å². The molecule has 0 unspecified atom stereocenters. The average molecular weight is 541 g/mol. The number of anilines is 2. The van der Waals surface area contributed by atoms with E-state index in [1.165, 1.54) is 18.9 Å². The van der Waals surface area contributed by atoms with Gasteiger partial charge < -0.3 is 25.3 Å². The highest BCUT2D eigenvalue weighted by Gasteiger charge is 2.16. The van der Waals surface area contributed by atoms with Crippen LogP contribution in [-0.2, 0) is 11.3 Å². The number of carbonyl (C=O) groups excluding carboxylic acids is 3. The summed E-state index contributed by atoms with van der Waals surface area (Å²) in [7, 11) is 3.44. The predicted octanol–water partition coefficient (Wildman–Crippen LogP) is 3.91. The highest BCUT2D eigenvalue weighted by Crippen LogP contribution is 2.21. The molecule has 0 atom stereocenters. The third-order valence-corrected chi connectivity index (χ3v) is 7.09. The van der Waals surface area contributed by atoms with Crippen LogP contribution in [-0.4, -0.2) is 77.9 Å². The van der Waals surface area contributed by atoms with E-state index in [4.69, 9.17) is 4.74 Å². The number of hydrogen-bond acceptors (Lipinski definition) is 7. The number of nitrogens with zero attached hydrogens (tertiary/aromatic N) is 3. The van der Waals surface area contributed by atoms with Crippen LogP contribution in [0.3, 0.4) is 0 Å². The molecule has 10 nitrogen and oxygen atoms in total. The number of rotatable bonds is 7. The quantitative estimate of drug-likeness (QED) is 0.304. The molecule has 10 heteroatoms. The molecule has 4 aromatic rings. The Labute approximate surface area is 232 Å². The van der Waals surface area contributed by atoms with E-state index in [0.717, 1.165) is 38.3 Å². The van der Waals surface area contributed by atoms with Crippen LogP contribution < -0.4 is 10.6 Å². The second-order valence-electron chi connectivity index (χ2n) is 10.1. The van der Waals surface area contributed by atoms with Crippen LogP contribution in [0.2, 0.25) is 0 Å². The Kier molecular flexibility index (Phi) is 7.90. The molecular formula is C30H32N6O4. The molecule has 3 N–H and O–H groups in total. The molecule has 1 saturated heterocycles. The first-order chi connectivity index (χ1) is 19.3. The number of ether oxygens (including phenoxy) is 1. The summed E-state index contributed by atoms with van der Waals surface area (Å²) in [6, 6.07) is 16.2. The number of fused-ring (bicyclic) bond motifs is 1. The van der Waals surface area contributed by atoms with Gasteiger partial charge >= 0.3 is 5.97 Å². The largest absolute Gasteiger partial charge is 0.464 e. The molecule has 0 aliphatic carbocycles. The van der Waals surface area contributed by atoms with Gasteiger partial charge in [0.05, 0.1) is 19.0 Å². The van der Waals surface area contributed by atoms with Crippen molar-refractivity contribution in [1.82, 2.24) is 19.8 Å². The number of amides is 2. The number of aryl methyl sites for hydroxylation is 1. The molecular weight excluding hydrogens is 508 g/mol. The van der Waals surface area contributed by atoms with Crippen molar-refractivity contribution in [2.24, 2.45) is 0 Å². The molecule has 1 aliphatic rings. The zero-order chi connectivity index (χ0) is 28.2. The minimum atomic E-state index is -0.500. The molecule has 0 spiro atoms. The number of hydrogen-bond donors (Lipinski definition) is 3. The number of H-pyrrole nitrogens is 1. The van der Waals surface area contributed by atoms with Crippen LogP contribution in [0.15, 0.2) is 60.8 Å². The summed E-state index contributed by atoms with van der Waals surface area (Å²) in [5.74, 6) is -1.09. The van der Waals surface area contributed by atoms with Gasteiger partial charge in [-0.3, -0.25) is 14.5 Å². The summed E-state index contributed by atoms with van der Waals surface area (Å²) in [5, 5.41) is 6.40. The summed E-state index contributed by atoms with van der Waals surface area (Å²) in [5.41, 5.74) is 4.67. The molecule has 2 aromatic carbocycles. The van der Waals surface area contributed by atoms with Crippen molar-refractivity contribution in [3.8, 4) is 0 Å². The Bertz CT molecular complexity index is 1550. The standard InChI is InChI=1S/C30H32N6O4/c1-19-4-9-23(32-28(37)21-7-5-20(6-8-21)18-36-12-10-35(2)11-13-36)16-25(19)29(38)33-24-14-22-15-26(30(39)40-3)34-27(22)31-17-24/h4-9,14-17H,10-13,18H2,1-3H3,(H,31,34)(H,32,37)(H,33,38). The lowest BCUT2D eigenvalue weighted by Crippen LogP contribution is -2.43. The van der Waals surface area contributed by atoms with E-state index in [2.05, 4.69) is 37.4 Å². The van der Waals surface area contributed by atoms with Gasteiger partial charge in [-0.25, -0.2) is 9.78 Å². The third-order valence-electron chi connectivity index (χ3n) is 7.09. The SMILES string of the molecule is COC(=O)c1cc2cc(NC(=O)c3cc(NC(=O)c4ccc(CN5CCN(C)CC5)cc4)ccc3C)cnc2[nH]1. The van der Waals surface area contributed by atoms with Gasteiger partial charge in [-0.2, -0.15) is 0 Å². The van der Waals surface area contributed by atoms with E-state index in [1.807, 2.05) is 31.2 Å². The summed E-state index contributed by atoms with van der Waals surface area (Å²) in [6.07, 6.45) is 1.51. The fourth-order valence-electron chi connectivity index (χ4n) is 4.68. The van der Waals surface area contributed by atoms with E-state index in [1.54, 1.807) is 30.3 Å². The number of aromatic nitrogens is 2. The molecule has 0 bridgehead atoms. The van der Waals surface area contributed by atoms with Gasteiger partial charge in [0.25, 0.3) is 11.8 Å². The van der Waals surface area contributed by atoms with Crippen molar-refractivity contribution in [2.75, 3.05) is 51.0 Å². The Morgan fingerprint density at radius 3 is 2.38 bits per heavy atom. The maximum atomic E-state index is 13.1.